The van der Waals surface area contributed by atoms with Gasteiger partial charge >= 0.3 is 5.97 Å². The van der Waals surface area contributed by atoms with Crippen molar-refractivity contribution in [3.63, 3.8) is 0 Å². The molecule has 1 amide bonds. The number of amides is 1. The van der Waals surface area contributed by atoms with Crippen LogP contribution in [0.1, 0.15) is 40.0 Å². The van der Waals surface area contributed by atoms with E-state index >= 15 is 0 Å². The summed E-state index contributed by atoms with van der Waals surface area (Å²) >= 11 is 6.17. The third kappa shape index (κ3) is 3.58. The van der Waals surface area contributed by atoms with Gasteiger partial charge in [-0.2, -0.15) is 0 Å². The smallest absolute Gasteiger partial charge is 0.335 e. The highest BCUT2D eigenvalue weighted by Crippen LogP contribution is 2.29. The summed E-state index contributed by atoms with van der Waals surface area (Å²) in [5.74, 6) is -0.981. The van der Waals surface area contributed by atoms with Gasteiger partial charge in [0.05, 0.1) is 16.6 Å². The summed E-state index contributed by atoms with van der Waals surface area (Å²) < 4.78 is 0. The number of carboxylic acid groups (broad SMARTS) is 1. The van der Waals surface area contributed by atoms with Gasteiger partial charge in [-0.15, -0.1) is 0 Å². The summed E-state index contributed by atoms with van der Waals surface area (Å²) in [6.07, 6.45) is 3.19. The van der Waals surface area contributed by atoms with Crippen molar-refractivity contribution in [1.29, 1.82) is 0 Å². The molecule has 0 atom stereocenters. The molecule has 0 aliphatic carbocycles. The Morgan fingerprint density at radius 1 is 0.929 bits per heavy atom. The average Bonchev–Trinajstić information content (AvgIpc) is 2.73. The lowest BCUT2D eigenvalue weighted by atomic mass is 9.99. The number of likely N-dealkylation sites (tertiary alicyclic amines) is 1. The molecule has 5 nitrogen and oxygen atoms in total. The summed E-state index contributed by atoms with van der Waals surface area (Å²) in [4.78, 5) is 30.4. The molecule has 1 saturated heterocycles. The van der Waals surface area contributed by atoms with Gasteiger partial charge in [-0.25, -0.2) is 9.78 Å². The van der Waals surface area contributed by atoms with E-state index in [1.165, 1.54) is 0 Å². The number of piperidine rings is 1. The van der Waals surface area contributed by atoms with Crippen molar-refractivity contribution in [2.45, 2.75) is 19.3 Å². The summed E-state index contributed by atoms with van der Waals surface area (Å²) in [5, 5.41) is 10.1. The largest absolute Gasteiger partial charge is 0.478 e. The minimum absolute atomic E-state index is 0.0209. The maximum atomic E-state index is 13.1. The lowest BCUT2D eigenvalue weighted by Crippen LogP contribution is -2.35. The van der Waals surface area contributed by atoms with Crippen molar-refractivity contribution in [2.24, 2.45) is 0 Å². The second kappa shape index (κ2) is 7.60. The molecule has 3 aromatic rings. The SMILES string of the molecule is O=C(O)c1ccc(-c2ccc3nc(Cl)cc(C(=O)N4CCCCC4)c3c2)cc1. The number of carbonyl (C=O) groups excluding carboxylic acids is 1. The first kappa shape index (κ1) is 18.4. The van der Waals surface area contributed by atoms with Crippen LogP contribution in [0.15, 0.2) is 48.5 Å². The lowest BCUT2D eigenvalue weighted by molar-refractivity contribution is 0.0694. The number of hydrogen-bond acceptors (Lipinski definition) is 3. The molecule has 0 spiro atoms. The van der Waals surface area contributed by atoms with Crippen LogP contribution < -0.4 is 0 Å². The molecule has 1 aromatic heterocycles. The molecular weight excluding hydrogens is 376 g/mol. The van der Waals surface area contributed by atoms with E-state index < -0.39 is 5.97 Å². The molecule has 1 aliphatic rings. The Hall–Kier alpha value is -2.92. The zero-order chi connectivity index (χ0) is 19.7. The Kier molecular flexibility index (Phi) is 5.01. The summed E-state index contributed by atoms with van der Waals surface area (Å²) in [6.45, 7) is 1.52. The third-order valence-corrected chi connectivity index (χ3v) is 5.31. The van der Waals surface area contributed by atoms with E-state index in [0.29, 0.717) is 16.2 Å². The number of halogens is 1. The van der Waals surface area contributed by atoms with Crippen molar-refractivity contribution < 1.29 is 14.7 Å². The van der Waals surface area contributed by atoms with Crippen LogP contribution in [-0.2, 0) is 0 Å². The molecule has 2 heterocycles. The fourth-order valence-corrected chi connectivity index (χ4v) is 3.82. The standard InChI is InChI=1S/C22H19ClN2O3/c23-20-13-18(21(26)25-10-2-1-3-11-25)17-12-16(8-9-19(17)24-20)14-4-6-15(7-5-14)22(27)28/h4-9,12-13H,1-3,10-11H2,(H,27,28). The molecule has 6 heteroatoms. The Bertz CT molecular complexity index is 1060. The van der Waals surface area contributed by atoms with E-state index in [1.807, 2.05) is 23.1 Å². The van der Waals surface area contributed by atoms with E-state index in [0.717, 1.165) is 48.9 Å². The molecule has 1 N–H and O–H groups in total. The Labute approximate surface area is 167 Å². The van der Waals surface area contributed by atoms with Crippen LogP contribution in [0.4, 0.5) is 0 Å². The molecule has 0 saturated carbocycles. The van der Waals surface area contributed by atoms with E-state index in [9.17, 15) is 9.59 Å². The Morgan fingerprint density at radius 3 is 2.29 bits per heavy atom. The molecule has 1 aliphatic heterocycles. The van der Waals surface area contributed by atoms with Crippen LogP contribution in [0.3, 0.4) is 0 Å². The van der Waals surface area contributed by atoms with Gasteiger partial charge in [0.2, 0.25) is 0 Å². The quantitative estimate of drug-likeness (QED) is 0.643. The number of aromatic nitrogens is 1. The highest BCUT2D eigenvalue weighted by Gasteiger charge is 2.21. The van der Waals surface area contributed by atoms with Crippen LogP contribution in [0.25, 0.3) is 22.0 Å². The van der Waals surface area contributed by atoms with E-state index in [1.54, 1.807) is 30.3 Å². The van der Waals surface area contributed by atoms with Crippen LogP contribution in [0, 0.1) is 0 Å². The summed E-state index contributed by atoms with van der Waals surface area (Å²) in [7, 11) is 0. The third-order valence-electron chi connectivity index (χ3n) is 5.12. The van der Waals surface area contributed by atoms with Gasteiger partial charge in [0.15, 0.2) is 0 Å². The first-order valence-electron chi connectivity index (χ1n) is 9.26. The summed E-state index contributed by atoms with van der Waals surface area (Å²) in [5.41, 5.74) is 3.22. The molecule has 0 bridgehead atoms. The molecule has 28 heavy (non-hydrogen) atoms. The van der Waals surface area contributed by atoms with Gasteiger partial charge in [-0.1, -0.05) is 29.8 Å². The number of nitrogens with zero attached hydrogens (tertiary/aromatic N) is 2. The van der Waals surface area contributed by atoms with Crippen LogP contribution >= 0.6 is 11.6 Å². The lowest BCUT2D eigenvalue weighted by Gasteiger charge is -2.27. The van der Waals surface area contributed by atoms with Crippen LogP contribution in [0.2, 0.25) is 5.15 Å². The highest BCUT2D eigenvalue weighted by molar-refractivity contribution is 6.30. The van der Waals surface area contributed by atoms with Gasteiger partial charge < -0.3 is 10.0 Å². The van der Waals surface area contributed by atoms with Gasteiger partial charge in [-0.05, 0) is 60.7 Å². The molecule has 1 fully saturated rings. The van der Waals surface area contributed by atoms with Crippen molar-refractivity contribution in [1.82, 2.24) is 9.88 Å². The minimum atomic E-state index is -0.960. The zero-order valence-electron chi connectivity index (χ0n) is 15.2. The highest BCUT2D eigenvalue weighted by atomic mass is 35.5. The number of aromatic carboxylic acids is 1. The van der Waals surface area contributed by atoms with Crippen LogP contribution in [-0.4, -0.2) is 40.0 Å². The fraction of sp³-hybridized carbons (Fsp3) is 0.227. The van der Waals surface area contributed by atoms with Crippen molar-refractivity contribution in [3.8, 4) is 11.1 Å². The topological polar surface area (TPSA) is 70.5 Å². The molecule has 142 valence electrons. The fourth-order valence-electron chi connectivity index (χ4n) is 3.62. The number of carbonyl (C=O) groups is 2. The van der Waals surface area contributed by atoms with E-state index in [4.69, 9.17) is 16.7 Å². The van der Waals surface area contributed by atoms with Gasteiger partial charge in [-0.3, -0.25) is 4.79 Å². The number of hydrogen-bond donors (Lipinski definition) is 1. The number of pyridine rings is 1. The zero-order valence-corrected chi connectivity index (χ0v) is 15.9. The van der Waals surface area contributed by atoms with Gasteiger partial charge in [0.25, 0.3) is 5.91 Å². The predicted molar refractivity (Wildman–Crippen MR) is 109 cm³/mol. The Morgan fingerprint density at radius 2 is 1.61 bits per heavy atom. The predicted octanol–water partition coefficient (Wildman–Crippen LogP) is 4.88. The van der Waals surface area contributed by atoms with Crippen molar-refractivity contribution >= 4 is 34.4 Å². The van der Waals surface area contributed by atoms with E-state index in [-0.39, 0.29) is 11.5 Å². The van der Waals surface area contributed by atoms with E-state index in [2.05, 4.69) is 4.98 Å². The number of rotatable bonds is 3. The second-order valence-corrected chi connectivity index (χ2v) is 7.35. The first-order chi connectivity index (χ1) is 13.5. The van der Waals surface area contributed by atoms with Gasteiger partial charge in [0, 0.05) is 18.5 Å². The Balaban J connectivity index is 1.78. The van der Waals surface area contributed by atoms with Crippen molar-refractivity contribution in [2.75, 3.05) is 13.1 Å². The average molecular weight is 395 g/mol. The van der Waals surface area contributed by atoms with Gasteiger partial charge in [0.1, 0.15) is 5.15 Å². The monoisotopic (exact) mass is 394 g/mol. The maximum absolute atomic E-state index is 13.1. The first-order valence-corrected chi connectivity index (χ1v) is 9.64. The van der Waals surface area contributed by atoms with Crippen molar-refractivity contribution in [3.05, 3.63) is 64.8 Å². The second-order valence-electron chi connectivity index (χ2n) is 6.96. The maximum Gasteiger partial charge on any atom is 0.335 e. The number of benzene rings is 2. The van der Waals surface area contributed by atoms with Crippen LogP contribution in [0.5, 0.6) is 0 Å². The molecule has 0 radical (unpaired) electrons. The molecule has 0 unspecified atom stereocenters. The number of fused-ring (bicyclic) bond motifs is 1. The molecule has 2 aromatic carbocycles. The minimum Gasteiger partial charge on any atom is -0.478 e. The number of carboxylic acids is 1. The summed E-state index contributed by atoms with van der Waals surface area (Å²) in [6, 6.07) is 14.0. The molecular formula is C22H19ClN2O3. The normalized spacial score (nSPS) is 14.2. The molecule has 4 rings (SSSR count).